The van der Waals surface area contributed by atoms with Crippen LogP contribution < -0.4 is 20.9 Å². The summed E-state index contributed by atoms with van der Waals surface area (Å²) >= 11 is 10.7. The Morgan fingerprint density at radius 1 is 1.39 bits per heavy atom. The van der Waals surface area contributed by atoms with Crippen LogP contribution in [0.4, 0.5) is 0 Å². The van der Waals surface area contributed by atoms with Crippen molar-refractivity contribution in [1.82, 2.24) is 16.2 Å². The number of para-hydroxylation sites is 1. The summed E-state index contributed by atoms with van der Waals surface area (Å²) in [5.74, 6) is 0.110. The predicted molar refractivity (Wildman–Crippen MR) is 74.5 cm³/mol. The van der Waals surface area contributed by atoms with E-state index in [0.29, 0.717) is 22.4 Å². The van der Waals surface area contributed by atoms with Gasteiger partial charge in [-0.15, -0.1) is 0 Å². The first-order chi connectivity index (χ1) is 8.63. The van der Waals surface area contributed by atoms with Gasteiger partial charge in [0.1, 0.15) is 5.75 Å². The lowest BCUT2D eigenvalue weighted by Gasteiger charge is -2.11. The fourth-order valence-corrected chi connectivity index (χ4v) is 1.46. The first kappa shape index (κ1) is 14.5. The molecule has 1 rings (SSSR count). The molecule has 0 unspecified atom stereocenters. The second kappa shape index (κ2) is 7.73. The van der Waals surface area contributed by atoms with Gasteiger partial charge in [-0.25, -0.2) is 0 Å². The van der Waals surface area contributed by atoms with Crippen molar-refractivity contribution in [2.45, 2.75) is 6.92 Å². The maximum Gasteiger partial charge on any atom is 0.276 e. The zero-order chi connectivity index (χ0) is 13.4. The van der Waals surface area contributed by atoms with E-state index in [1.165, 1.54) is 0 Å². The number of benzene rings is 1. The summed E-state index contributed by atoms with van der Waals surface area (Å²) in [6.07, 6.45) is 0. The van der Waals surface area contributed by atoms with Crippen molar-refractivity contribution in [1.29, 1.82) is 0 Å². The quantitative estimate of drug-likeness (QED) is 0.574. The average molecular weight is 288 g/mol. The summed E-state index contributed by atoms with van der Waals surface area (Å²) in [6, 6.07) is 6.93. The highest BCUT2D eigenvalue weighted by molar-refractivity contribution is 7.80. The molecule has 0 saturated carbocycles. The SMILES string of the molecule is CCNC(=S)NNC(=O)COc1ccccc1Cl. The van der Waals surface area contributed by atoms with Crippen LogP contribution in [0.25, 0.3) is 0 Å². The van der Waals surface area contributed by atoms with Crippen molar-refractivity contribution in [3.63, 3.8) is 0 Å². The minimum absolute atomic E-state index is 0.147. The molecule has 98 valence electrons. The van der Waals surface area contributed by atoms with E-state index < -0.39 is 0 Å². The van der Waals surface area contributed by atoms with Gasteiger partial charge in [-0.1, -0.05) is 23.7 Å². The van der Waals surface area contributed by atoms with E-state index in [9.17, 15) is 4.79 Å². The summed E-state index contributed by atoms with van der Waals surface area (Å²) < 4.78 is 5.24. The number of ether oxygens (including phenoxy) is 1. The van der Waals surface area contributed by atoms with Crippen LogP contribution in [0.5, 0.6) is 5.75 Å². The van der Waals surface area contributed by atoms with Gasteiger partial charge in [0.2, 0.25) is 0 Å². The summed E-state index contributed by atoms with van der Waals surface area (Å²) in [5, 5.41) is 3.64. The molecule has 3 N–H and O–H groups in total. The Balaban J connectivity index is 2.29. The molecule has 0 bridgehead atoms. The second-order valence-corrected chi connectivity index (χ2v) is 4.07. The number of halogens is 1. The van der Waals surface area contributed by atoms with Crippen molar-refractivity contribution < 1.29 is 9.53 Å². The number of hydrogen-bond acceptors (Lipinski definition) is 3. The standard InChI is InChI=1S/C11H14ClN3O2S/c1-2-13-11(18)15-14-10(16)7-17-9-6-4-3-5-8(9)12/h3-6H,2,7H2,1H3,(H,14,16)(H2,13,15,18). The molecular formula is C11H14ClN3O2S. The predicted octanol–water partition coefficient (Wildman–Crippen LogP) is 1.23. The average Bonchev–Trinajstić information content (AvgIpc) is 2.36. The van der Waals surface area contributed by atoms with Crippen molar-refractivity contribution in [3.05, 3.63) is 29.3 Å². The van der Waals surface area contributed by atoms with E-state index in [2.05, 4.69) is 16.2 Å². The van der Waals surface area contributed by atoms with Gasteiger partial charge in [0, 0.05) is 6.54 Å². The molecule has 1 amide bonds. The topological polar surface area (TPSA) is 62.4 Å². The molecule has 1 aromatic rings. The molecule has 18 heavy (non-hydrogen) atoms. The number of amides is 1. The molecule has 0 aliphatic rings. The van der Waals surface area contributed by atoms with Crippen LogP contribution in [0.1, 0.15) is 6.92 Å². The molecule has 0 spiro atoms. The third-order valence-corrected chi connectivity index (χ3v) is 2.41. The van der Waals surface area contributed by atoms with E-state index in [1.54, 1.807) is 24.3 Å². The number of hydrazine groups is 1. The van der Waals surface area contributed by atoms with Crippen LogP contribution in [-0.2, 0) is 4.79 Å². The van der Waals surface area contributed by atoms with Crippen molar-refractivity contribution >= 4 is 34.8 Å². The van der Waals surface area contributed by atoms with Crippen molar-refractivity contribution in [3.8, 4) is 5.75 Å². The summed E-state index contributed by atoms with van der Waals surface area (Å²) in [4.78, 5) is 11.4. The molecule has 0 aliphatic heterocycles. The number of nitrogens with one attached hydrogen (secondary N) is 3. The number of carbonyl (C=O) groups is 1. The van der Waals surface area contributed by atoms with E-state index in [-0.39, 0.29) is 12.5 Å². The first-order valence-electron chi connectivity index (χ1n) is 5.33. The number of thiocarbonyl (C=S) groups is 1. The van der Waals surface area contributed by atoms with E-state index in [1.807, 2.05) is 6.92 Å². The van der Waals surface area contributed by atoms with Gasteiger partial charge >= 0.3 is 0 Å². The van der Waals surface area contributed by atoms with Crippen LogP contribution >= 0.6 is 23.8 Å². The van der Waals surface area contributed by atoms with E-state index in [4.69, 9.17) is 28.6 Å². The van der Waals surface area contributed by atoms with Gasteiger partial charge in [0.05, 0.1) is 5.02 Å². The molecule has 0 atom stereocenters. The Kier molecular flexibility index (Phi) is 6.24. The van der Waals surface area contributed by atoms with Crippen LogP contribution in [0, 0.1) is 0 Å². The van der Waals surface area contributed by atoms with Gasteiger partial charge in [0.25, 0.3) is 5.91 Å². The molecule has 5 nitrogen and oxygen atoms in total. The molecule has 0 fully saturated rings. The Hall–Kier alpha value is -1.53. The second-order valence-electron chi connectivity index (χ2n) is 3.25. The van der Waals surface area contributed by atoms with Crippen LogP contribution in [-0.4, -0.2) is 24.2 Å². The fraction of sp³-hybridized carbons (Fsp3) is 0.273. The zero-order valence-corrected chi connectivity index (χ0v) is 11.4. The van der Waals surface area contributed by atoms with Gasteiger partial charge in [-0.2, -0.15) is 0 Å². The summed E-state index contributed by atoms with van der Waals surface area (Å²) in [5.41, 5.74) is 4.94. The fourth-order valence-electron chi connectivity index (χ4n) is 1.07. The summed E-state index contributed by atoms with van der Waals surface area (Å²) in [7, 11) is 0. The maximum atomic E-state index is 11.4. The highest BCUT2D eigenvalue weighted by Crippen LogP contribution is 2.22. The molecule has 0 aromatic heterocycles. The maximum absolute atomic E-state index is 11.4. The van der Waals surface area contributed by atoms with Crippen LogP contribution in [0.2, 0.25) is 5.02 Å². The van der Waals surface area contributed by atoms with Crippen LogP contribution in [0.3, 0.4) is 0 Å². The highest BCUT2D eigenvalue weighted by Gasteiger charge is 2.05. The molecule has 0 radical (unpaired) electrons. The molecule has 7 heteroatoms. The molecule has 1 aromatic carbocycles. The molecule has 0 saturated heterocycles. The minimum atomic E-state index is -0.352. The van der Waals surface area contributed by atoms with Gasteiger partial charge in [0.15, 0.2) is 11.7 Å². The monoisotopic (exact) mass is 287 g/mol. The smallest absolute Gasteiger partial charge is 0.276 e. The number of hydrogen-bond donors (Lipinski definition) is 3. The Morgan fingerprint density at radius 2 is 2.11 bits per heavy atom. The highest BCUT2D eigenvalue weighted by atomic mass is 35.5. The largest absolute Gasteiger partial charge is 0.482 e. The van der Waals surface area contributed by atoms with Gasteiger partial charge in [-0.3, -0.25) is 15.6 Å². The zero-order valence-electron chi connectivity index (χ0n) is 9.83. The van der Waals surface area contributed by atoms with E-state index in [0.717, 1.165) is 0 Å². The number of carbonyl (C=O) groups excluding carboxylic acids is 1. The van der Waals surface area contributed by atoms with Gasteiger partial charge in [-0.05, 0) is 31.3 Å². The summed E-state index contributed by atoms with van der Waals surface area (Å²) in [6.45, 7) is 2.43. The minimum Gasteiger partial charge on any atom is -0.482 e. The Bertz CT molecular complexity index is 429. The molecule has 0 aliphatic carbocycles. The normalized spacial score (nSPS) is 9.44. The van der Waals surface area contributed by atoms with Crippen molar-refractivity contribution in [2.75, 3.05) is 13.2 Å². The Morgan fingerprint density at radius 3 is 2.78 bits per heavy atom. The third-order valence-electron chi connectivity index (χ3n) is 1.85. The van der Waals surface area contributed by atoms with Crippen LogP contribution in [0.15, 0.2) is 24.3 Å². The lowest BCUT2D eigenvalue weighted by atomic mass is 10.3. The number of rotatable bonds is 4. The molecular weight excluding hydrogens is 274 g/mol. The van der Waals surface area contributed by atoms with E-state index >= 15 is 0 Å². The van der Waals surface area contributed by atoms with Crippen molar-refractivity contribution in [2.24, 2.45) is 0 Å². The Labute approximate surface area is 116 Å². The third kappa shape index (κ3) is 5.20. The lowest BCUT2D eigenvalue weighted by molar-refractivity contribution is -0.123. The lowest BCUT2D eigenvalue weighted by Crippen LogP contribution is -2.48. The molecule has 0 heterocycles. The van der Waals surface area contributed by atoms with Gasteiger partial charge < -0.3 is 10.1 Å². The first-order valence-corrected chi connectivity index (χ1v) is 6.12.